The van der Waals surface area contributed by atoms with Crippen molar-refractivity contribution in [1.29, 1.82) is 0 Å². The Hall–Kier alpha value is -1.31. The number of rotatable bonds is 8. The van der Waals surface area contributed by atoms with Crippen molar-refractivity contribution in [1.82, 2.24) is 0 Å². The van der Waals surface area contributed by atoms with Crippen LogP contribution in [0, 0.1) is 5.41 Å². The Kier molecular flexibility index (Phi) is 6.61. The molecule has 0 N–H and O–H groups in total. The SMILES string of the molecule is CCCCC(CC)(Cc1ccccc1)C(=O)OCC. The molecule has 0 amide bonds. The first-order valence-electron chi connectivity index (χ1n) is 7.39. The topological polar surface area (TPSA) is 26.3 Å². The molecule has 1 aromatic carbocycles. The van der Waals surface area contributed by atoms with E-state index in [2.05, 4.69) is 26.0 Å². The van der Waals surface area contributed by atoms with Crippen molar-refractivity contribution in [3.63, 3.8) is 0 Å². The lowest BCUT2D eigenvalue weighted by Gasteiger charge is -2.30. The third kappa shape index (κ3) is 4.38. The molecule has 0 saturated heterocycles. The molecule has 1 rings (SSSR count). The Balaban J connectivity index is 2.91. The molecule has 1 atom stereocenters. The molecule has 1 unspecified atom stereocenters. The Morgan fingerprint density at radius 2 is 1.84 bits per heavy atom. The van der Waals surface area contributed by atoms with Crippen LogP contribution in [0.5, 0.6) is 0 Å². The number of esters is 1. The number of unbranched alkanes of at least 4 members (excludes halogenated alkanes) is 1. The van der Waals surface area contributed by atoms with Crippen LogP contribution in [0.25, 0.3) is 0 Å². The van der Waals surface area contributed by atoms with Gasteiger partial charge in [-0.05, 0) is 31.7 Å². The smallest absolute Gasteiger partial charge is 0.312 e. The number of ether oxygens (including phenoxy) is 1. The number of hydrogen-bond acceptors (Lipinski definition) is 2. The Morgan fingerprint density at radius 3 is 2.37 bits per heavy atom. The van der Waals surface area contributed by atoms with Gasteiger partial charge in [0.25, 0.3) is 0 Å². The zero-order chi connectivity index (χ0) is 14.1. The summed E-state index contributed by atoms with van der Waals surface area (Å²) in [6, 6.07) is 10.3. The summed E-state index contributed by atoms with van der Waals surface area (Å²) in [5.41, 5.74) is 0.862. The maximum atomic E-state index is 12.4. The molecule has 19 heavy (non-hydrogen) atoms. The van der Waals surface area contributed by atoms with E-state index in [0.717, 1.165) is 32.1 Å². The van der Waals surface area contributed by atoms with Crippen LogP contribution < -0.4 is 0 Å². The van der Waals surface area contributed by atoms with E-state index in [1.54, 1.807) is 0 Å². The third-order valence-electron chi connectivity index (χ3n) is 3.78. The van der Waals surface area contributed by atoms with E-state index in [0.29, 0.717) is 6.61 Å². The molecule has 0 fully saturated rings. The fourth-order valence-corrected chi connectivity index (χ4v) is 2.49. The van der Waals surface area contributed by atoms with E-state index in [1.165, 1.54) is 5.56 Å². The highest BCUT2D eigenvalue weighted by Crippen LogP contribution is 2.34. The number of benzene rings is 1. The van der Waals surface area contributed by atoms with Crippen molar-refractivity contribution in [3.05, 3.63) is 35.9 Å². The largest absolute Gasteiger partial charge is 0.466 e. The molecular formula is C17H26O2. The van der Waals surface area contributed by atoms with Crippen LogP contribution in [0.4, 0.5) is 0 Å². The molecule has 0 heterocycles. The quantitative estimate of drug-likeness (QED) is 0.650. The van der Waals surface area contributed by atoms with Gasteiger partial charge in [-0.25, -0.2) is 0 Å². The molecule has 0 saturated carbocycles. The van der Waals surface area contributed by atoms with Crippen molar-refractivity contribution in [3.8, 4) is 0 Å². The summed E-state index contributed by atoms with van der Waals surface area (Å²) in [6.07, 6.45) is 4.70. The molecule has 0 aliphatic carbocycles. The summed E-state index contributed by atoms with van der Waals surface area (Å²) in [5.74, 6) is -0.0326. The van der Waals surface area contributed by atoms with Gasteiger partial charge in [0.05, 0.1) is 12.0 Å². The van der Waals surface area contributed by atoms with Crippen molar-refractivity contribution < 1.29 is 9.53 Å². The average molecular weight is 262 g/mol. The molecule has 2 heteroatoms. The second-order valence-electron chi connectivity index (χ2n) is 5.12. The van der Waals surface area contributed by atoms with Crippen molar-refractivity contribution in [2.45, 2.75) is 52.9 Å². The summed E-state index contributed by atoms with van der Waals surface area (Å²) < 4.78 is 5.33. The summed E-state index contributed by atoms with van der Waals surface area (Å²) in [5, 5.41) is 0. The van der Waals surface area contributed by atoms with Gasteiger partial charge >= 0.3 is 5.97 Å². The van der Waals surface area contributed by atoms with Crippen LogP contribution in [0.3, 0.4) is 0 Å². The fraction of sp³-hybridized carbons (Fsp3) is 0.588. The molecule has 0 aliphatic heterocycles. The predicted octanol–water partition coefficient (Wildman–Crippen LogP) is 4.38. The maximum Gasteiger partial charge on any atom is 0.312 e. The Bertz CT molecular complexity index is 372. The highest BCUT2D eigenvalue weighted by Gasteiger charge is 2.37. The standard InChI is InChI=1S/C17H26O2/c1-4-7-13-17(5-2,16(18)19-6-3)14-15-11-9-8-10-12-15/h8-12H,4-7,13-14H2,1-3H3. The highest BCUT2D eigenvalue weighted by molar-refractivity contribution is 5.77. The lowest BCUT2D eigenvalue weighted by atomic mass is 9.75. The lowest BCUT2D eigenvalue weighted by Crippen LogP contribution is -2.35. The molecule has 0 bridgehead atoms. The summed E-state index contributed by atoms with van der Waals surface area (Å²) >= 11 is 0. The molecule has 0 aliphatic rings. The van der Waals surface area contributed by atoms with Gasteiger partial charge in [0.1, 0.15) is 0 Å². The maximum absolute atomic E-state index is 12.4. The first kappa shape index (κ1) is 15.7. The first-order valence-corrected chi connectivity index (χ1v) is 7.39. The summed E-state index contributed by atoms with van der Waals surface area (Å²) in [4.78, 5) is 12.4. The van der Waals surface area contributed by atoms with Crippen molar-refractivity contribution >= 4 is 5.97 Å². The second-order valence-corrected chi connectivity index (χ2v) is 5.12. The number of carbonyl (C=O) groups excluding carboxylic acids is 1. The van der Waals surface area contributed by atoms with Gasteiger partial charge in [-0.1, -0.05) is 57.0 Å². The van der Waals surface area contributed by atoms with Gasteiger partial charge in [0, 0.05) is 0 Å². The molecule has 2 nitrogen and oxygen atoms in total. The van der Waals surface area contributed by atoms with E-state index < -0.39 is 0 Å². The van der Waals surface area contributed by atoms with Crippen LogP contribution in [-0.4, -0.2) is 12.6 Å². The van der Waals surface area contributed by atoms with E-state index >= 15 is 0 Å². The van der Waals surface area contributed by atoms with Crippen LogP contribution in [-0.2, 0) is 16.0 Å². The van der Waals surface area contributed by atoms with Crippen LogP contribution in [0.15, 0.2) is 30.3 Å². The second kappa shape index (κ2) is 7.98. The molecule has 106 valence electrons. The zero-order valence-corrected chi connectivity index (χ0v) is 12.4. The predicted molar refractivity (Wildman–Crippen MR) is 79.0 cm³/mol. The zero-order valence-electron chi connectivity index (χ0n) is 12.4. The minimum Gasteiger partial charge on any atom is -0.466 e. The summed E-state index contributed by atoms with van der Waals surface area (Å²) in [6.45, 7) is 6.59. The third-order valence-corrected chi connectivity index (χ3v) is 3.78. The van der Waals surface area contributed by atoms with Gasteiger partial charge < -0.3 is 4.74 Å². The highest BCUT2D eigenvalue weighted by atomic mass is 16.5. The van der Waals surface area contributed by atoms with Gasteiger partial charge in [-0.15, -0.1) is 0 Å². The molecule has 0 spiro atoms. The molecule has 1 aromatic rings. The van der Waals surface area contributed by atoms with Crippen LogP contribution in [0.2, 0.25) is 0 Å². The van der Waals surface area contributed by atoms with E-state index in [1.807, 2.05) is 25.1 Å². The average Bonchev–Trinajstić information content (AvgIpc) is 2.45. The Morgan fingerprint density at radius 1 is 1.16 bits per heavy atom. The molecular weight excluding hydrogens is 236 g/mol. The molecule has 0 aromatic heterocycles. The number of carbonyl (C=O) groups is 1. The van der Waals surface area contributed by atoms with Crippen LogP contribution in [0.1, 0.15) is 52.0 Å². The van der Waals surface area contributed by atoms with Gasteiger partial charge in [0.2, 0.25) is 0 Å². The fourth-order valence-electron chi connectivity index (χ4n) is 2.49. The van der Waals surface area contributed by atoms with E-state index in [9.17, 15) is 4.79 Å². The minimum absolute atomic E-state index is 0.0326. The van der Waals surface area contributed by atoms with Gasteiger partial charge in [0.15, 0.2) is 0 Å². The van der Waals surface area contributed by atoms with Crippen LogP contribution >= 0.6 is 0 Å². The first-order chi connectivity index (χ1) is 9.18. The van der Waals surface area contributed by atoms with Gasteiger partial charge in [-0.2, -0.15) is 0 Å². The van der Waals surface area contributed by atoms with E-state index in [-0.39, 0.29) is 11.4 Å². The summed E-state index contributed by atoms with van der Waals surface area (Å²) in [7, 11) is 0. The monoisotopic (exact) mass is 262 g/mol. The van der Waals surface area contributed by atoms with Gasteiger partial charge in [-0.3, -0.25) is 4.79 Å². The Labute approximate surface area is 117 Å². The molecule has 0 radical (unpaired) electrons. The minimum atomic E-state index is -0.354. The normalized spacial score (nSPS) is 13.8. The van der Waals surface area contributed by atoms with Crippen molar-refractivity contribution in [2.24, 2.45) is 5.41 Å². The van der Waals surface area contributed by atoms with Crippen molar-refractivity contribution in [2.75, 3.05) is 6.61 Å². The number of hydrogen-bond donors (Lipinski definition) is 0. The lowest BCUT2D eigenvalue weighted by molar-refractivity contribution is -0.156. The van der Waals surface area contributed by atoms with E-state index in [4.69, 9.17) is 4.74 Å².